The number of carbonyl (C=O) groups is 2. The topological polar surface area (TPSA) is 97.7 Å². The standard InChI is InChI=1S/C27H35N5O4/c1-19-8-7-9-20(16-19)28-26(34)31(14-15-35-5)18-25(33)29-24-17-23(27(2,3)4)30-32(24)21-10-12-22(36-6)13-11-21/h7-13,16-17H,14-15,18H2,1-6H3,(H,28,34)(H,29,33). The molecule has 0 atom stereocenters. The Balaban J connectivity index is 1.80. The Morgan fingerprint density at radius 2 is 1.75 bits per heavy atom. The predicted octanol–water partition coefficient (Wildman–Crippen LogP) is 4.61. The van der Waals surface area contributed by atoms with Crippen molar-refractivity contribution in [2.45, 2.75) is 33.1 Å². The molecule has 3 aromatic rings. The first kappa shape index (κ1) is 26.7. The number of aromatic nitrogens is 2. The molecule has 0 aliphatic rings. The number of nitrogens with one attached hydrogen (secondary N) is 2. The predicted molar refractivity (Wildman–Crippen MR) is 141 cm³/mol. The minimum Gasteiger partial charge on any atom is -0.497 e. The quantitative estimate of drug-likeness (QED) is 0.454. The van der Waals surface area contributed by atoms with Crippen LogP contribution in [-0.4, -0.2) is 60.5 Å². The molecule has 36 heavy (non-hydrogen) atoms. The van der Waals surface area contributed by atoms with Crippen LogP contribution in [0.5, 0.6) is 5.75 Å². The van der Waals surface area contributed by atoms with Crippen LogP contribution in [0.4, 0.5) is 16.3 Å². The molecule has 0 saturated heterocycles. The molecule has 0 saturated carbocycles. The Bertz CT molecular complexity index is 1180. The minimum absolute atomic E-state index is 0.153. The Kier molecular flexibility index (Phi) is 8.71. The van der Waals surface area contributed by atoms with Crippen molar-refractivity contribution in [1.82, 2.24) is 14.7 Å². The van der Waals surface area contributed by atoms with Gasteiger partial charge in [-0.1, -0.05) is 32.9 Å². The summed E-state index contributed by atoms with van der Waals surface area (Å²) in [5.74, 6) is 0.891. The highest BCUT2D eigenvalue weighted by molar-refractivity contribution is 5.96. The fraction of sp³-hybridized carbons (Fsp3) is 0.370. The first-order valence-corrected chi connectivity index (χ1v) is 11.8. The summed E-state index contributed by atoms with van der Waals surface area (Å²) in [7, 11) is 3.16. The van der Waals surface area contributed by atoms with Gasteiger partial charge in [-0.05, 0) is 48.9 Å². The van der Waals surface area contributed by atoms with E-state index in [0.29, 0.717) is 18.1 Å². The smallest absolute Gasteiger partial charge is 0.322 e. The van der Waals surface area contributed by atoms with Crippen molar-refractivity contribution in [3.8, 4) is 11.4 Å². The van der Waals surface area contributed by atoms with E-state index in [1.807, 2.05) is 55.5 Å². The summed E-state index contributed by atoms with van der Waals surface area (Å²) in [6.45, 7) is 8.52. The van der Waals surface area contributed by atoms with E-state index in [-0.39, 0.29) is 30.4 Å². The van der Waals surface area contributed by atoms with Crippen LogP contribution in [0.1, 0.15) is 32.0 Å². The van der Waals surface area contributed by atoms with Gasteiger partial charge in [0.25, 0.3) is 0 Å². The van der Waals surface area contributed by atoms with Crippen LogP contribution in [-0.2, 0) is 14.9 Å². The van der Waals surface area contributed by atoms with E-state index in [9.17, 15) is 9.59 Å². The second kappa shape index (κ2) is 11.7. The highest BCUT2D eigenvalue weighted by Crippen LogP contribution is 2.27. The molecule has 9 heteroatoms. The SMILES string of the molecule is COCCN(CC(=O)Nc1cc(C(C)(C)C)nn1-c1ccc(OC)cc1)C(=O)Nc1cccc(C)c1. The first-order valence-electron chi connectivity index (χ1n) is 11.8. The van der Waals surface area contributed by atoms with Gasteiger partial charge in [-0.2, -0.15) is 5.10 Å². The van der Waals surface area contributed by atoms with Gasteiger partial charge in [0.15, 0.2) is 0 Å². The molecule has 1 heterocycles. The number of anilines is 2. The van der Waals surface area contributed by atoms with E-state index >= 15 is 0 Å². The van der Waals surface area contributed by atoms with Gasteiger partial charge in [0, 0.05) is 30.8 Å². The van der Waals surface area contributed by atoms with E-state index in [1.54, 1.807) is 25.0 Å². The van der Waals surface area contributed by atoms with Crippen molar-refractivity contribution in [3.63, 3.8) is 0 Å². The molecule has 3 rings (SSSR count). The number of nitrogens with zero attached hydrogens (tertiary/aromatic N) is 3. The van der Waals surface area contributed by atoms with Crippen molar-refractivity contribution in [2.24, 2.45) is 0 Å². The van der Waals surface area contributed by atoms with Crippen molar-refractivity contribution in [3.05, 3.63) is 65.9 Å². The number of benzene rings is 2. The van der Waals surface area contributed by atoms with E-state index in [1.165, 1.54) is 4.90 Å². The third-order valence-corrected chi connectivity index (χ3v) is 5.52. The Hall–Kier alpha value is -3.85. The van der Waals surface area contributed by atoms with Crippen LogP contribution in [0.3, 0.4) is 0 Å². The molecule has 0 spiro atoms. The summed E-state index contributed by atoms with van der Waals surface area (Å²) in [4.78, 5) is 27.5. The fourth-order valence-corrected chi connectivity index (χ4v) is 3.49. The first-order chi connectivity index (χ1) is 17.1. The second-order valence-electron chi connectivity index (χ2n) is 9.54. The number of hydrogen-bond acceptors (Lipinski definition) is 5. The number of hydrogen-bond donors (Lipinski definition) is 2. The summed E-state index contributed by atoms with van der Waals surface area (Å²) in [5, 5.41) is 10.5. The summed E-state index contributed by atoms with van der Waals surface area (Å²) in [6.07, 6.45) is 0. The van der Waals surface area contributed by atoms with Crippen LogP contribution >= 0.6 is 0 Å². The van der Waals surface area contributed by atoms with Gasteiger partial charge in [0.2, 0.25) is 5.91 Å². The number of amides is 3. The molecule has 0 radical (unpaired) electrons. The summed E-state index contributed by atoms with van der Waals surface area (Å²) >= 11 is 0. The average molecular weight is 494 g/mol. The van der Waals surface area contributed by atoms with Crippen LogP contribution in [0.15, 0.2) is 54.6 Å². The highest BCUT2D eigenvalue weighted by atomic mass is 16.5. The monoisotopic (exact) mass is 493 g/mol. The molecule has 0 fully saturated rings. The van der Waals surface area contributed by atoms with Gasteiger partial charge < -0.3 is 25.0 Å². The lowest BCUT2D eigenvalue weighted by Crippen LogP contribution is -2.42. The van der Waals surface area contributed by atoms with Crippen molar-refractivity contribution < 1.29 is 19.1 Å². The maximum Gasteiger partial charge on any atom is 0.322 e. The van der Waals surface area contributed by atoms with Gasteiger partial charge in [-0.15, -0.1) is 0 Å². The minimum atomic E-state index is -0.383. The largest absolute Gasteiger partial charge is 0.497 e. The lowest BCUT2D eigenvalue weighted by Gasteiger charge is -2.22. The molecule has 3 amide bonds. The van der Waals surface area contributed by atoms with E-state index in [2.05, 4.69) is 31.4 Å². The number of rotatable bonds is 9. The third kappa shape index (κ3) is 7.08. The number of methoxy groups -OCH3 is 2. The van der Waals surface area contributed by atoms with Crippen molar-refractivity contribution >= 4 is 23.4 Å². The van der Waals surface area contributed by atoms with Crippen LogP contribution in [0.25, 0.3) is 5.69 Å². The molecule has 1 aromatic heterocycles. The molecule has 2 aromatic carbocycles. The molecule has 192 valence electrons. The summed E-state index contributed by atoms with van der Waals surface area (Å²) in [6, 6.07) is 16.4. The van der Waals surface area contributed by atoms with Gasteiger partial charge in [0.05, 0.1) is 25.1 Å². The van der Waals surface area contributed by atoms with Crippen LogP contribution in [0.2, 0.25) is 0 Å². The average Bonchev–Trinajstić information content (AvgIpc) is 3.26. The zero-order valence-corrected chi connectivity index (χ0v) is 21.8. The third-order valence-electron chi connectivity index (χ3n) is 5.52. The van der Waals surface area contributed by atoms with Crippen LogP contribution < -0.4 is 15.4 Å². The molecular weight excluding hydrogens is 458 g/mol. The Morgan fingerprint density at radius 1 is 1.03 bits per heavy atom. The van der Waals surface area contributed by atoms with Crippen molar-refractivity contribution in [2.75, 3.05) is 44.5 Å². The molecule has 0 bridgehead atoms. The summed E-state index contributed by atoms with van der Waals surface area (Å²) < 4.78 is 12.1. The molecular formula is C27H35N5O4. The Morgan fingerprint density at radius 3 is 2.36 bits per heavy atom. The van der Waals surface area contributed by atoms with E-state index in [4.69, 9.17) is 14.6 Å². The molecule has 0 aliphatic heterocycles. The number of aryl methyl sites for hydroxylation is 1. The molecule has 0 aliphatic carbocycles. The fourth-order valence-electron chi connectivity index (χ4n) is 3.49. The maximum atomic E-state index is 13.1. The van der Waals surface area contributed by atoms with E-state index in [0.717, 1.165) is 22.7 Å². The normalized spacial score (nSPS) is 11.2. The van der Waals surface area contributed by atoms with Gasteiger partial charge >= 0.3 is 6.03 Å². The van der Waals surface area contributed by atoms with Crippen molar-refractivity contribution in [1.29, 1.82) is 0 Å². The zero-order chi connectivity index (χ0) is 26.3. The molecule has 0 unspecified atom stereocenters. The van der Waals surface area contributed by atoms with Gasteiger partial charge in [0.1, 0.15) is 18.1 Å². The number of urea groups is 1. The highest BCUT2D eigenvalue weighted by Gasteiger charge is 2.23. The summed E-state index contributed by atoms with van der Waals surface area (Å²) in [5.41, 5.74) is 3.05. The maximum absolute atomic E-state index is 13.1. The lowest BCUT2D eigenvalue weighted by molar-refractivity contribution is -0.116. The molecule has 9 nitrogen and oxygen atoms in total. The van der Waals surface area contributed by atoms with Gasteiger partial charge in [-0.25, -0.2) is 9.48 Å². The van der Waals surface area contributed by atoms with E-state index < -0.39 is 0 Å². The number of ether oxygens (including phenoxy) is 2. The molecule has 2 N–H and O–H groups in total. The Labute approximate surface area is 212 Å². The van der Waals surface area contributed by atoms with Crippen LogP contribution in [0, 0.1) is 6.92 Å². The van der Waals surface area contributed by atoms with Gasteiger partial charge in [-0.3, -0.25) is 4.79 Å². The zero-order valence-electron chi connectivity index (χ0n) is 21.8. The second-order valence-corrected chi connectivity index (χ2v) is 9.54. The number of carbonyl (C=O) groups excluding carboxylic acids is 2. The lowest BCUT2D eigenvalue weighted by atomic mass is 9.92.